The minimum atomic E-state index is -4.34. The number of benzene rings is 1. The predicted octanol–water partition coefficient (Wildman–Crippen LogP) is 4.51. The lowest BCUT2D eigenvalue weighted by atomic mass is 9.97. The van der Waals surface area contributed by atoms with Crippen LogP contribution in [-0.4, -0.2) is 31.3 Å². The van der Waals surface area contributed by atoms with Gasteiger partial charge in [0.1, 0.15) is 0 Å². The van der Waals surface area contributed by atoms with E-state index in [2.05, 4.69) is 9.88 Å². The van der Waals surface area contributed by atoms with E-state index in [4.69, 9.17) is 4.74 Å². The van der Waals surface area contributed by atoms with Gasteiger partial charge in [0.25, 0.3) is 0 Å². The van der Waals surface area contributed by atoms with Gasteiger partial charge in [0.05, 0.1) is 11.1 Å². The van der Waals surface area contributed by atoms with Crippen LogP contribution in [0.3, 0.4) is 0 Å². The minimum absolute atomic E-state index is 0.388. The van der Waals surface area contributed by atoms with E-state index in [1.54, 1.807) is 6.20 Å². The van der Waals surface area contributed by atoms with E-state index in [-0.39, 0.29) is 0 Å². The number of pyridine rings is 1. The number of rotatable bonds is 4. The minimum Gasteiger partial charge on any atom is -0.381 e. The van der Waals surface area contributed by atoms with Crippen molar-refractivity contribution in [2.75, 3.05) is 31.2 Å². The summed E-state index contributed by atoms with van der Waals surface area (Å²) in [4.78, 5) is 6.36. The standard InChI is InChI=1S/C18H21F3N2O/c1-2-24-12-13-6-9-23(10-7-13)17-5-8-22-16-11-14(18(19,20)21)3-4-15(16)17/h3-5,8,11,13H,2,6-7,9-10,12H2,1H3. The molecule has 6 heteroatoms. The lowest BCUT2D eigenvalue weighted by Gasteiger charge is -2.34. The lowest BCUT2D eigenvalue weighted by molar-refractivity contribution is -0.137. The molecule has 0 bridgehead atoms. The first-order valence-corrected chi connectivity index (χ1v) is 8.27. The quantitative estimate of drug-likeness (QED) is 0.820. The van der Waals surface area contributed by atoms with Gasteiger partial charge >= 0.3 is 6.18 Å². The predicted molar refractivity (Wildman–Crippen MR) is 88.2 cm³/mol. The molecule has 3 nitrogen and oxygen atoms in total. The van der Waals surface area contributed by atoms with Crippen LogP contribution in [-0.2, 0) is 10.9 Å². The van der Waals surface area contributed by atoms with E-state index >= 15 is 0 Å². The van der Waals surface area contributed by atoms with Crippen molar-refractivity contribution in [3.8, 4) is 0 Å². The molecule has 2 aromatic rings. The van der Waals surface area contributed by atoms with Crippen LogP contribution in [0, 0.1) is 5.92 Å². The zero-order valence-corrected chi connectivity index (χ0v) is 13.6. The number of fused-ring (bicyclic) bond motifs is 1. The molecule has 1 saturated heterocycles. The van der Waals surface area contributed by atoms with Crippen molar-refractivity contribution in [3.63, 3.8) is 0 Å². The highest BCUT2D eigenvalue weighted by atomic mass is 19.4. The fraction of sp³-hybridized carbons (Fsp3) is 0.500. The molecule has 2 heterocycles. The number of hydrogen-bond acceptors (Lipinski definition) is 3. The van der Waals surface area contributed by atoms with Crippen molar-refractivity contribution < 1.29 is 17.9 Å². The Morgan fingerprint density at radius 2 is 1.96 bits per heavy atom. The van der Waals surface area contributed by atoms with Crippen LogP contribution in [0.4, 0.5) is 18.9 Å². The molecule has 0 N–H and O–H groups in total. The SMILES string of the molecule is CCOCC1CCN(c2ccnc3cc(C(F)(F)F)ccc23)CC1. The maximum absolute atomic E-state index is 12.9. The monoisotopic (exact) mass is 338 g/mol. The summed E-state index contributed by atoms with van der Waals surface area (Å²) in [5.41, 5.74) is 0.692. The van der Waals surface area contributed by atoms with Gasteiger partial charge in [0.2, 0.25) is 0 Å². The summed E-state index contributed by atoms with van der Waals surface area (Å²) in [6.45, 7) is 5.29. The zero-order valence-electron chi connectivity index (χ0n) is 13.6. The van der Waals surface area contributed by atoms with E-state index in [0.717, 1.165) is 62.4 Å². The Morgan fingerprint density at radius 1 is 1.21 bits per heavy atom. The molecule has 0 saturated carbocycles. The summed E-state index contributed by atoms with van der Waals surface area (Å²) in [7, 11) is 0. The van der Waals surface area contributed by atoms with Crippen LogP contribution in [0.25, 0.3) is 10.9 Å². The summed E-state index contributed by atoms with van der Waals surface area (Å²) in [6, 6.07) is 5.68. The molecule has 0 amide bonds. The Morgan fingerprint density at radius 3 is 2.62 bits per heavy atom. The first kappa shape index (κ1) is 17.0. The number of aromatic nitrogens is 1. The van der Waals surface area contributed by atoms with Gasteiger partial charge in [-0.15, -0.1) is 0 Å². The summed E-state index contributed by atoms with van der Waals surface area (Å²) in [6.07, 6.45) is -0.692. The van der Waals surface area contributed by atoms with E-state index in [1.807, 2.05) is 13.0 Å². The van der Waals surface area contributed by atoms with Crippen LogP contribution < -0.4 is 4.90 Å². The summed E-state index contributed by atoms with van der Waals surface area (Å²) in [5.74, 6) is 0.561. The average Bonchev–Trinajstić information content (AvgIpc) is 2.58. The molecule has 0 aliphatic carbocycles. The fourth-order valence-electron chi connectivity index (χ4n) is 3.21. The molecule has 1 aliphatic heterocycles. The van der Waals surface area contributed by atoms with Gasteiger partial charge in [0.15, 0.2) is 0 Å². The second-order valence-corrected chi connectivity index (χ2v) is 6.15. The molecule has 0 spiro atoms. The third-order valence-corrected chi connectivity index (χ3v) is 4.56. The Balaban J connectivity index is 1.81. The molecule has 1 fully saturated rings. The van der Waals surface area contributed by atoms with Crippen LogP contribution in [0.15, 0.2) is 30.5 Å². The van der Waals surface area contributed by atoms with Gasteiger partial charge in [-0.05, 0) is 43.9 Å². The van der Waals surface area contributed by atoms with Crippen LogP contribution in [0.2, 0.25) is 0 Å². The average molecular weight is 338 g/mol. The summed E-state index contributed by atoms with van der Waals surface area (Å²) >= 11 is 0. The van der Waals surface area contributed by atoms with Crippen molar-refractivity contribution in [2.45, 2.75) is 25.9 Å². The van der Waals surface area contributed by atoms with Crippen molar-refractivity contribution in [3.05, 3.63) is 36.0 Å². The number of piperidine rings is 1. The van der Waals surface area contributed by atoms with Crippen LogP contribution >= 0.6 is 0 Å². The molecular weight excluding hydrogens is 317 g/mol. The Bertz CT molecular complexity index is 694. The lowest BCUT2D eigenvalue weighted by Crippen LogP contribution is -2.35. The molecule has 24 heavy (non-hydrogen) atoms. The fourth-order valence-corrected chi connectivity index (χ4v) is 3.21. The number of anilines is 1. The van der Waals surface area contributed by atoms with Gasteiger partial charge < -0.3 is 9.64 Å². The van der Waals surface area contributed by atoms with Crippen LogP contribution in [0.1, 0.15) is 25.3 Å². The Kier molecular flexibility index (Phi) is 4.94. The first-order valence-electron chi connectivity index (χ1n) is 8.27. The van der Waals surface area contributed by atoms with E-state index in [0.29, 0.717) is 11.4 Å². The second kappa shape index (κ2) is 6.97. The first-order chi connectivity index (χ1) is 11.5. The molecule has 1 aromatic carbocycles. The summed E-state index contributed by atoms with van der Waals surface area (Å²) < 4.78 is 44.1. The number of halogens is 3. The molecule has 0 unspecified atom stereocenters. The molecule has 0 atom stereocenters. The highest BCUT2D eigenvalue weighted by Gasteiger charge is 2.31. The van der Waals surface area contributed by atoms with Gasteiger partial charge in [-0.3, -0.25) is 4.98 Å². The van der Waals surface area contributed by atoms with Gasteiger partial charge in [-0.25, -0.2) is 0 Å². The Hall–Kier alpha value is -1.82. The number of hydrogen-bond donors (Lipinski definition) is 0. The van der Waals surface area contributed by atoms with Crippen molar-refractivity contribution in [2.24, 2.45) is 5.92 Å². The Labute approximate surface area is 139 Å². The summed E-state index contributed by atoms with van der Waals surface area (Å²) in [5, 5.41) is 0.772. The highest BCUT2D eigenvalue weighted by Crippen LogP contribution is 2.34. The highest BCUT2D eigenvalue weighted by molar-refractivity contribution is 5.92. The maximum Gasteiger partial charge on any atom is 0.416 e. The third-order valence-electron chi connectivity index (χ3n) is 4.56. The molecule has 1 aromatic heterocycles. The normalized spacial score (nSPS) is 16.8. The smallest absolute Gasteiger partial charge is 0.381 e. The van der Waals surface area contributed by atoms with E-state index in [9.17, 15) is 13.2 Å². The zero-order chi connectivity index (χ0) is 17.2. The molecule has 0 radical (unpaired) electrons. The molecular formula is C18H21F3N2O. The topological polar surface area (TPSA) is 25.4 Å². The van der Waals surface area contributed by atoms with Crippen molar-refractivity contribution in [1.82, 2.24) is 4.98 Å². The van der Waals surface area contributed by atoms with Crippen molar-refractivity contribution >= 4 is 16.6 Å². The third kappa shape index (κ3) is 3.64. The van der Waals surface area contributed by atoms with Crippen molar-refractivity contribution in [1.29, 1.82) is 0 Å². The number of alkyl halides is 3. The molecule has 1 aliphatic rings. The van der Waals surface area contributed by atoms with E-state index < -0.39 is 11.7 Å². The van der Waals surface area contributed by atoms with Gasteiger partial charge in [0, 0.05) is 43.6 Å². The van der Waals surface area contributed by atoms with Gasteiger partial charge in [-0.2, -0.15) is 13.2 Å². The van der Waals surface area contributed by atoms with E-state index in [1.165, 1.54) is 6.07 Å². The molecule has 3 rings (SSSR count). The largest absolute Gasteiger partial charge is 0.416 e. The van der Waals surface area contributed by atoms with Gasteiger partial charge in [-0.1, -0.05) is 6.07 Å². The number of ether oxygens (including phenoxy) is 1. The number of nitrogens with zero attached hydrogens (tertiary/aromatic N) is 2. The van der Waals surface area contributed by atoms with Crippen LogP contribution in [0.5, 0.6) is 0 Å². The molecule has 130 valence electrons. The maximum atomic E-state index is 12.9. The second-order valence-electron chi connectivity index (χ2n) is 6.15.